The average Bonchev–Trinajstić information content (AvgIpc) is 1.57. The summed E-state index contributed by atoms with van der Waals surface area (Å²) in [7, 11) is 3.53. The molecule has 3 aliphatic rings. The SMILES string of the molecule is CCCC[C@H]1C(=O)N2C[C@H](O)C[C@@H]2C(=O)N[C@@H](CC(=O)O)C(=O)N[C@@H](C(C)C)C(=O)N(C)[C@@H](Cc2ccccc2)C(=O)N[C@@H](CCC(=O)O)C(=O)N2CCOC[C@@H]2C(=O)N[C@H](Cc2c[nH]c3ccccc23)C(=O)N[C@@H](Cc2ccc(O)cc2)C(=O)N[C@@H](CCO)C(=O)N[C@H](C(=O)NCC(N)=O)CSCC(=O)N[C@@H](Cc2cc(F)c(F)c(F)c2)C(=O)N(C)[C@@H](Cc2ccccc2)C(=O)N1C. The van der Waals surface area contributed by atoms with Gasteiger partial charge >= 0.3 is 11.9 Å². The number of aromatic amines is 1. The largest absolute Gasteiger partial charge is 0.508 e. The van der Waals surface area contributed by atoms with Crippen molar-refractivity contribution in [1.29, 1.82) is 0 Å². The van der Waals surface area contributed by atoms with Crippen LogP contribution in [-0.2, 0) is 118 Å². The topological polar surface area (TPSA) is 567 Å². The van der Waals surface area contributed by atoms with Crippen LogP contribution in [0.15, 0.2) is 128 Å². The number of carbonyl (C=O) groups is 17. The maximum Gasteiger partial charge on any atom is 0.305 e. The van der Waals surface area contributed by atoms with Crippen LogP contribution in [-0.4, -0.2) is 312 Å². The number of fused-ring (bicyclic) bond motifs is 3. The molecule has 4 heterocycles. The van der Waals surface area contributed by atoms with Gasteiger partial charge < -0.3 is 113 Å². The summed E-state index contributed by atoms with van der Waals surface area (Å²) in [5, 5.41) is 75.9. The van der Waals surface area contributed by atoms with Crippen molar-refractivity contribution in [3.63, 3.8) is 0 Å². The number of nitrogens with one attached hydrogen (secondary N) is 10. The van der Waals surface area contributed by atoms with Crippen molar-refractivity contribution in [3.8, 4) is 5.75 Å². The van der Waals surface area contributed by atoms with Gasteiger partial charge in [-0.3, -0.25) is 81.5 Å². The number of likely N-dealkylation sites (N-methyl/N-ethyl adjacent to an activating group) is 3. The van der Waals surface area contributed by atoms with E-state index >= 15 is 51.9 Å². The predicted molar refractivity (Wildman–Crippen MR) is 476 cm³/mol. The number of carboxylic acids is 2. The summed E-state index contributed by atoms with van der Waals surface area (Å²) in [5.41, 5.74) is 7.07. The highest BCUT2D eigenvalue weighted by molar-refractivity contribution is 8.00. The highest BCUT2D eigenvalue weighted by Gasteiger charge is 2.48. The Morgan fingerprint density at radius 3 is 1.72 bits per heavy atom. The molecule has 0 bridgehead atoms. The number of unbranched alkanes of at least 4 members (excludes halogenated alkanes) is 1. The number of ether oxygens (including phenoxy) is 1. The Morgan fingerprint density at radius 2 is 1.10 bits per heavy atom. The number of halogens is 3. The quantitative estimate of drug-likeness (QED) is 0.0332. The smallest absolute Gasteiger partial charge is 0.305 e. The van der Waals surface area contributed by atoms with Crippen molar-refractivity contribution in [2.24, 2.45) is 11.7 Å². The van der Waals surface area contributed by atoms with Gasteiger partial charge in [-0.15, -0.1) is 11.8 Å². The average molecular weight is 1890 g/mol. The van der Waals surface area contributed by atoms with Gasteiger partial charge in [-0.25, -0.2) is 13.2 Å². The molecule has 15 amide bonds. The van der Waals surface area contributed by atoms with Gasteiger partial charge in [-0.05, 0) is 83.3 Å². The first-order valence-electron chi connectivity index (χ1n) is 43.6. The van der Waals surface area contributed by atoms with E-state index in [1.807, 2.05) is 0 Å². The van der Waals surface area contributed by atoms with Gasteiger partial charge in [-0.1, -0.05) is 125 Å². The van der Waals surface area contributed by atoms with E-state index in [2.05, 4.69) is 52.8 Å². The van der Waals surface area contributed by atoms with E-state index in [9.17, 15) is 68.3 Å². The molecule has 43 heteroatoms. The molecule has 134 heavy (non-hydrogen) atoms. The number of aromatic hydroxyl groups is 1. The number of aliphatic hydroxyl groups excluding tert-OH is 2. The second-order valence-corrected chi connectivity index (χ2v) is 34.4. The fourth-order valence-electron chi connectivity index (χ4n) is 15.9. The molecule has 1 aromatic heterocycles. The maximum atomic E-state index is 15.7. The lowest BCUT2D eigenvalue weighted by atomic mass is 9.98. The number of morpholine rings is 1. The number of aliphatic carboxylic acids is 2. The number of aromatic nitrogens is 1. The molecule has 9 rings (SSSR count). The van der Waals surface area contributed by atoms with Gasteiger partial charge in [0, 0.05) is 109 Å². The molecule has 722 valence electrons. The third-order valence-electron chi connectivity index (χ3n) is 23.3. The van der Waals surface area contributed by atoms with Gasteiger partial charge in [0.1, 0.15) is 84.3 Å². The molecule has 14 atom stereocenters. The van der Waals surface area contributed by atoms with Gasteiger partial charge in [0.15, 0.2) is 17.5 Å². The molecule has 39 nitrogen and oxygen atoms in total. The lowest BCUT2D eigenvalue weighted by molar-refractivity contribution is -0.152. The summed E-state index contributed by atoms with van der Waals surface area (Å²) >= 11 is 0.596. The highest BCUT2D eigenvalue weighted by atomic mass is 32.2. The van der Waals surface area contributed by atoms with Crippen molar-refractivity contribution >= 4 is 123 Å². The molecule has 5 aromatic carbocycles. The van der Waals surface area contributed by atoms with Crippen LogP contribution in [0.25, 0.3) is 10.9 Å². The first-order valence-corrected chi connectivity index (χ1v) is 44.7. The fraction of sp³-hybridized carbons (Fsp3) is 0.462. The minimum atomic E-state index is -2.07. The number of para-hydroxylation sites is 1. The molecule has 0 saturated carbocycles. The molecule has 3 aliphatic heterocycles. The van der Waals surface area contributed by atoms with E-state index in [0.29, 0.717) is 57.9 Å². The van der Waals surface area contributed by atoms with Crippen molar-refractivity contribution in [3.05, 3.63) is 173 Å². The number of phenolic OH excluding ortho intramolecular Hbond substituents is 1. The lowest BCUT2D eigenvalue weighted by Crippen LogP contribution is -2.64. The lowest BCUT2D eigenvalue weighted by Gasteiger charge is -2.38. The molecule has 17 N–H and O–H groups in total. The number of hydrogen-bond acceptors (Lipinski definition) is 22. The van der Waals surface area contributed by atoms with Gasteiger partial charge in [0.2, 0.25) is 88.6 Å². The number of primary amides is 1. The highest BCUT2D eigenvalue weighted by Crippen LogP contribution is 2.28. The van der Waals surface area contributed by atoms with E-state index in [1.54, 1.807) is 98.0 Å². The van der Waals surface area contributed by atoms with Gasteiger partial charge in [0.25, 0.3) is 0 Å². The number of carbonyl (C=O) groups excluding carboxylic acids is 15. The van der Waals surface area contributed by atoms with E-state index in [1.165, 1.54) is 52.2 Å². The molecular formula is C91H113F3N16O23S. The minimum absolute atomic E-state index is 0.155. The zero-order valence-corrected chi connectivity index (χ0v) is 75.4. The summed E-state index contributed by atoms with van der Waals surface area (Å²) in [6, 6.07) is 6.33. The van der Waals surface area contributed by atoms with Crippen LogP contribution in [0.4, 0.5) is 13.2 Å². The van der Waals surface area contributed by atoms with Crippen LogP contribution in [0.2, 0.25) is 0 Å². The van der Waals surface area contributed by atoms with E-state index in [0.717, 1.165) is 31.5 Å². The number of hydrogen-bond donors (Lipinski definition) is 16. The van der Waals surface area contributed by atoms with E-state index < -0.39 is 303 Å². The number of H-pyrrole nitrogens is 1. The van der Waals surface area contributed by atoms with Crippen LogP contribution < -0.4 is 53.6 Å². The number of phenols is 1. The van der Waals surface area contributed by atoms with E-state index in [4.69, 9.17) is 10.5 Å². The zero-order chi connectivity index (χ0) is 97.9. The van der Waals surface area contributed by atoms with Crippen molar-refractivity contribution in [2.45, 2.75) is 189 Å². The number of amides is 15. The number of carboxylic acid groups (broad SMARTS) is 2. The van der Waals surface area contributed by atoms with Crippen molar-refractivity contribution < 1.29 is 125 Å². The van der Waals surface area contributed by atoms with Crippen LogP contribution in [0.5, 0.6) is 5.75 Å². The maximum absolute atomic E-state index is 15.7. The van der Waals surface area contributed by atoms with Gasteiger partial charge in [-0.2, -0.15) is 0 Å². The first kappa shape index (κ1) is 104. The Hall–Kier alpha value is -13.6. The standard InChI is InChI=1S/C91H113F3N16O23S/c1-7-8-23-68-90(131)110-45-56(113)41-70(110)85(126)103-65(42-76(118)119)83(124)105-78(49(2)3)91(132)107(5)69(38-50-17-11-9-12-18-50)84(125)100-62(28-29-75(116)117)88(129)109-31-33-133-46-72(109)86(127)102-64(40-54-43-96-60-22-16-15-21-57(54)60)82(123)101-63(36-52-24-26-55(112)27-25-52)81(122)99-61(30-32-111)80(121)104-67(79(120)97-44-73(95)114)47-134-48-74(115)98-66(37-53-34-58(92)77(94)59(93)35-53)87(128)108(6)71(89(130)106(68)4)39-51-19-13-10-14-20-51/h9-22,24-27,34-35,43,49,56,61-72,78,96,111-113H,7-8,23,28-33,36-42,44-48H2,1-6H3,(H2,95,114)(H,97,120)(H,98,115)(H,99,122)(H,100,125)(H,101,123)(H,102,127)(H,103,126)(H,104,121)(H,105,124)(H,116,117)(H,118,119)/t56-,61+,62+,63+,64-,65+,66+,67+,68+,69+,70-,71+,72-,78+/m1/s1. The predicted octanol–water partition coefficient (Wildman–Crippen LogP) is -0.731. The third kappa shape index (κ3) is 28.7. The third-order valence-corrected chi connectivity index (χ3v) is 24.3. The molecule has 0 aliphatic carbocycles. The Labute approximate surface area is 773 Å². The van der Waals surface area contributed by atoms with Crippen LogP contribution in [0, 0.1) is 23.4 Å². The molecular weight excluding hydrogens is 1770 g/mol. The number of benzene rings is 5. The van der Waals surface area contributed by atoms with Crippen LogP contribution in [0.1, 0.15) is 100.0 Å². The Balaban J connectivity index is 1.14. The summed E-state index contributed by atoms with van der Waals surface area (Å²) in [5.74, 6) is -27.4. The number of rotatable bonds is 24. The van der Waals surface area contributed by atoms with E-state index in [-0.39, 0.29) is 50.0 Å². The first-order chi connectivity index (χ1) is 63.7. The number of aliphatic hydroxyl groups is 2. The van der Waals surface area contributed by atoms with Crippen molar-refractivity contribution in [1.82, 2.24) is 77.3 Å². The molecule has 3 saturated heterocycles. The normalized spacial score (nSPS) is 24.1. The van der Waals surface area contributed by atoms with Crippen LogP contribution >= 0.6 is 11.8 Å². The second kappa shape index (κ2) is 49.3. The van der Waals surface area contributed by atoms with Crippen LogP contribution in [0.3, 0.4) is 0 Å². The second-order valence-electron chi connectivity index (χ2n) is 33.4. The van der Waals surface area contributed by atoms with Gasteiger partial charge in [0.05, 0.1) is 38.0 Å². The summed E-state index contributed by atoms with van der Waals surface area (Å²) < 4.78 is 50.8. The number of thioether (sulfide) groups is 1. The number of nitrogens with zero attached hydrogens (tertiary/aromatic N) is 5. The summed E-state index contributed by atoms with van der Waals surface area (Å²) in [6.45, 7) is 1.24. The monoisotopic (exact) mass is 1890 g/mol. The fourth-order valence-corrected chi connectivity index (χ4v) is 16.8. The molecule has 0 radical (unpaired) electrons. The molecule has 0 spiro atoms. The Morgan fingerprint density at radius 1 is 0.552 bits per heavy atom. The van der Waals surface area contributed by atoms with Crippen molar-refractivity contribution in [2.75, 3.05) is 72.1 Å². The molecule has 6 aromatic rings. The zero-order valence-electron chi connectivity index (χ0n) is 74.6. The molecule has 0 unspecified atom stereocenters. The molecule has 3 fully saturated rings. The summed E-state index contributed by atoms with van der Waals surface area (Å²) in [4.78, 5) is 257. The number of nitrogens with two attached hydrogens (primary N) is 1. The Bertz CT molecular complexity index is 5220. The summed E-state index contributed by atoms with van der Waals surface area (Å²) in [6.07, 6.45) is -5.57. The Kier molecular flexibility index (Phi) is 38.3. The minimum Gasteiger partial charge on any atom is -0.508 e.